The molecule has 2 amide bonds. The zero-order chi connectivity index (χ0) is 16.8. The van der Waals surface area contributed by atoms with Crippen LogP contribution in [0.15, 0.2) is 34.9 Å². The van der Waals surface area contributed by atoms with E-state index in [0.29, 0.717) is 22.0 Å². The van der Waals surface area contributed by atoms with Crippen molar-refractivity contribution in [3.63, 3.8) is 0 Å². The van der Waals surface area contributed by atoms with Gasteiger partial charge in [0.05, 0.1) is 12.5 Å². The van der Waals surface area contributed by atoms with Crippen molar-refractivity contribution in [2.24, 2.45) is 5.73 Å². The number of nitrogens with two attached hydrogens (primary N) is 1. The largest absolute Gasteiger partial charge is 0.459 e. The summed E-state index contributed by atoms with van der Waals surface area (Å²) >= 11 is 5.83. The third-order valence-corrected chi connectivity index (χ3v) is 3.27. The van der Waals surface area contributed by atoms with Crippen LogP contribution in [-0.4, -0.2) is 17.2 Å². The number of urea groups is 1. The number of esters is 1. The molecular formula is C15H16ClN3O4. The molecule has 0 bridgehead atoms. The van der Waals surface area contributed by atoms with Crippen LogP contribution in [0.2, 0.25) is 5.02 Å². The predicted octanol–water partition coefficient (Wildman–Crippen LogP) is 2.48. The number of nitrogens with one attached hydrogen (secondary N) is 1. The lowest BCUT2D eigenvalue weighted by Gasteiger charge is -2.17. The molecule has 0 aliphatic heterocycles. The van der Waals surface area contributed by atoms with E-state index in [4.69, 9.17) is 26.6 Å². The monoisotopic (exact) mass is 337 g/mol. The van der Waals surface area contributed by atoms with Crippen LogP contribution >= 0.6 is 11.6 Å². The number of primary amides is 1. The minimum Gasteiger partial charge on any atom is -0.459 e. The molecule has 2 aromatic rings. The molecule has 3 N–H and O–H groups in total. The number of benzene rings is 1. The number of hydrogen-bond donors (Lipinski definition) is 2. The molecular weight excluding hydrogens is 322 g/mol. The van der Waals surface area contributed by atoms with Gasteiger partial charge in [-0.25, -0.2) is 4.79 Å². The fourth-order valence-corrected chi connectivity index (χ4v) is 2.11. The van der Waals surface area contributed by atoms with E-state index in [1.54, 1.807) is 37.3 Å². The second-order valence-electron chi connectivity index (χ2n) is 4.91. The maximum Gasteiger partial charge on any atom is 0.312 e. The number of aromatic nitrogens is 1. The Labute approximate surface area is 137 Å². The van der Waals surface area contributed by atoms with Gasteiger partial charge in [0, 0.05) is 11.1 Å². The van der Waals surface area contributed by atoms with Gasteiger partial charge in [0.2, 0.25) is 0 Å². The molecule has 122 valence electrons. The summed E-state index contributed by atoms with van der Waals surface area (Å²) in [6, 6.07) is 7.08. The van der Waals surface area contributed by atoms with Gasteiger partial charge in [-0.15, -0.1) is 0 Å². The number of rotatable bonds is 6. The summed E-state index contributed by atoms with van der Waals surface area (Å²) in [5.74, 6) is 0.129. The molecule has 0 saturated carbocycles. The van der Waals surface area contributed by atoms with Crippen molar-refractivity contribution < 1.29 is 18.8 Å². The summed E-state index contributed by atoms with van der Waals surface area (Å²) in [5, 5.41) is 6.79. The van der Waals surface area contributed by atoms with Crippen molar-refractivity contribution in [1.82, 2.24) is 10.5 Å². The standard InChI is InChI=1S/C15H16ClN3O4/c1-9-6-12(19-23-9)8-22-14(20)7-13(18-15(17)21)10-2-4-11(16)5-3-10/h2-6,13H,7-8H2,1H3,(H3,17,18,21)/t13-/m0/s1. The zero-order valence-electron chi connectivity index (χ0n) is 12.4. The lowest BCUT2D eigenvalue weighted by molar-refractivity contribution is -0.145. The summed E-state index contributed by atoms with van der Waals surface area (Å²) in [4.78, 5) is 23.1. The highest BCUT2D eigenvalue weighted by molar-refractivity contribution is 6.30. The fourth-order valence-electron chi connectivity index (χ4n) is 1.99. The molecule has 1 aromatic carbocycles. The van der Waals surface area contributed by atoms with Gasteiger partial charge < -0.3 is 20.3 Å². The Morgan fingerprint density at radius 3 is 2.65 bits per heavy atom. The summed E-state index contributed by atoms with van der Waals surface area (Å²) < 4.78 is 10.0. The Balaban J connectivity index is 1.97. The van der Waals surface area contributed by atoms with E-state index in [9.17, 15) is 9.59 Å². The van der Waals surface area contributed by atoms with E-state index in [0.717, 1.165) is 0 Å². The first kappa shape index (κ1) is 16.8. The van der Waals surface area contributed by atoms with Crippen LogP contribution in [0, 0.1) is 6.92 Å². The van der Waals surface area contributed by atoms with E-state index in [2.05, 4.69) is 10.5 Å². The van der Waals surface area contributed by atoms with Crippen LogP contribution in [0.25, 0.3) is 0 Å². The molecule has 0 aliphatic carbocycles. The Bertz CT molecular complexity index is 684. The van der Waals surface area contributed by atoms with Gasteiger partial charge in [-0.3, -0.25) is 4.79 Å². The highest BCUT2D eigenvalue weighted by Crippen LogP contribution is 2.20. The highest BCUT2D eigenvalue weighted by atomic mass is 35.5. The molecule has 0 aliphatic rings. The third kappa shape index (κ3) is 5.30. The van der Waals surface area contributed by atoms with Crippen LogP contribution in [0.5, 0.6) is 0 Å². The van der Waals surface area contributed by atoms with Crippen molar-refractivity contribution in [1.29, 1.82) is 0 Å². The summed E-state index contributed by atoms with van der Waals surface area (Å²) in [6.45, 7) is 1.74. The minimum absolute atomic E-state index is 0.0000819. The number of ether oxygens (including phenoxy) is 1. The van der Waals surface area contributed by atoms with Gasteiger partial charge in [0.15, 0.2) is 0 Å². The smallest absolute Gasteiger partial charge is 0.312 e. The van der Waals surface area contributed by atoms with E-state index in [1.807, 2.05) is 0 Å². The van der Waals surface area contributed by atoms with Crippen molar-refractivity contribution in [3.05, 3.63) is 52.4 Å². The quantitative estimate of drug-likeness (QED) is 0.787. The molecule has 8 heteroatoms. The normalized spacial score (nSPS) is 11.7. The third-order valence-electron chi connectivity index (χ3n) is 3.02. The summed E-state index contributed by atoms with van der Waals surface area (Å²) in [7, 11) is 0. The average molecular weight is 338 g/mol. The lowest BCUT2D eigenvalue weighted by Crippen LogP contribution is -2.34. The second-order valence-corrected chi connectivity index (χ2v) is 5.34. The molecule has 7 nitrogen and oxygen atoms in total. The molecule has 2 rings (SSSR count). The van der Waals surface area contributed by atoms with Gasteiger partial charge in [-0.1, -0.05) is 28.9 Å². The number of halogens is 1. The number of aryl methyl sites for hydroxylation is 1. The fraction of sp³-hybridized carbons (Fsp3) is 0.267. The predicted molar refractivity (Wildman–Crippen MR) is 82.6 cm³/mol. The number of amides is 2. The maximum atomic E-state index is 12.0. The van der Waals surface area contributed by atoms with E-state index >= 15 is 0 Å². The molecule has 0 spiro atoms. The maximum absolute atomic E-state index is 12.0. The van der Waals surface area contributed by atoms with Crippen LogP contribution in [0.3, 0.4) is 0 Å². The molecule has 1 aromatic heterocycles. The first-order valence-corrected chi connectivity index (χ1v) is 7.21. The van der Waals surface area contributed by atoms with E-state index in [1.165, 1.54) is 0 Å². The van der Waals surface area contributed by atoms with Crippen molar-refractivity contribution in [2.75, 3.05) is 0 Å². The van der Waals surface area contributed by atoms with Crippen LogP contribution in [0.1, 0.15) is 29.5 Å². The second kappa shape index (κ2) is 7.64. The van der Waals surface area contributed by atoms with Crippen LogP contribution < -0.4 is 11.1 Å². The molecule has 1 heterocycles. The molecule has 23 heavy (non-hydrogen) atoms. The van der Waals surface area contributed by atoms with Gasteiger partial charge >= 0.3 is 12.0 Å². The number of nitrogens with zero attached hydrogens (tertiary/aromatic N) is 1. The Hall–Kier alpha value is -2.54. The number of carbonyl (C=O) groups is 2. The minimum atomic E-state index is -0.732. The molecule has 1 atom stereocenters. The Morgan fingerprint density at radius 2 is 2.09 bits per heavy atom. The van der Waals surface area contributed by atoms with Gasteiger partial charge in [-0.05, 0) is 24.6 Å². The molecule has 0 unspecified atom stereocenters. The van der Waals surface area contributed by atoms with Gasteiger partial charge in [-0.2, -0.15) is 0 Å². The average Bonchev–Trinajstić information content (AvgIpc) is 2.90. The highest BCUT2D eigenvalue weighted by Gasteiger charge is 2.19. The summed E-state index contributed by atoms with van der Waals surface area (Å²) in [5.41, 5.74) is 6.37. The van der Waals surface area contributed by atoms with Crippen molar-refractivity contribution in [3.8, 4) is 0 Å². The molecule has 0 radical (unpaired) electrons. The van der Waals surface area contributed by atoms with Crippen LogP contribution in [0.4, 0.5) is 4.79 Å². The van der Waals surface area contributed by atoms with Crippen LogP contribution in [-0.2, 0) is 16.1 Å². The van der Waals surface area contributed by atoms with E-state index < -0.39 is 18.0 Å². The van der Waals surface area contributed by atoms with Crippen molar-refractivity contribution >= 4 is 23.6 Å². The number of hydrogen-bond acceptors (Lipinski definition) is 5. The number of carbonyl (C=O) groups excluding carboxylic acids is 2. The Morgan fingerprint density at radius 1 is 1.39 bits per heavy atom. The zero-order valence-corrected chi connectivity index (χ0v) is 13.2. The SMILES string of the molecule is Cc1cc(COC(=O)C[C@H](NC(N)=O)c2ccc(Cl)cc2)no1. The topological polar surface area (TPSA) is 107 Å². The summed E-state index contributed by atoms with van der Waals surface area (Å²) in [6.07, 6.45) is -0.0680. The van der Waals surface area contributed by atoms with Gasteiger partial charge in [0.1, 0.15) is 18.1 Å². The first-order chi connectivity index (χ1) is 10.9. The first-order valence-electron chi connectivity index (χ1n) is 6.83. The lowest BCUT2D eigenvalue weighted by atomic mass is 10.0. The van der Waals surface area contributed by atoms with Gasteiger partial charge in [0.25, 0.3) is 0 Å². The van der Waals surface area contributed by atoms with Crippen molar-refractivity contribution in [2.45, 2.75) is 26.0 Å². The van der Waals surface area contributed by atoms with E-state index in [-0.39, 0.29) is 13.0 Å². The molecule has 0 saturated heterocycles. The molecule has 0 fully saturated rings. The Kier molecular flexibility index (Phi) is 5.59.